The minimum Gasteiger partial charge on any atom is -0.415 e. The van der Waals surface area contributed by atoms with E-state index in [1.165, 1.54) is 53.4 Å². The van der Waals surface area contributed by atoms with Crippen molar-refractivity contribution in [3.05, 3.63) is 107 Å². The monoisotopic (exact) mass is 483 g/mol. The smallest absolute Gasteiger partial charge is 0.314 e. The Hall–Kier alpha value is -4.05. The van der Waals surface area contributed by atoms with Crippen LogP contribution in [0.15, 0.2) is 71.1 Å². The van der Waals surface area contributed by atoms with Crippen LogP contribution in [-0.2, 0) is 6.54 Å². The van der Waals surface area contributed by atoms with Crippen molar-refractivity contribution in [1.29, 1.82) is 0 Å². The minimum absolute atomic E-state index is 0.0972. The van der Waals surface area contributed by atoms with Gasteiger partial charge in [0, 0.05) is 17.7 Å². The first kappa shape index (κ1) is 22.7. The van der Waals surface area contributed by atoms with Gasteiger partial charge in [0.15, 0.2) is 0 Å². The molecule has 2 atom stereocenters. The molecule has 0 aliphatic carbocycles. The third-order valence-corrected chi connectivity index (χ3v) is 5.85. The van der Waals surface area contributed by atoms with Gasteiger partial charge in [0.1, 0.15) is 17.7 Å². The van der Waals surface area contributed by atoms with Crippen molar-refractivity contribution >= 4 is 5.91 Å². The molecule has 0 radical (unpaired) electrons. The van der Waals surface area contributed by atoms with E-state index in [2.05, 4.69) is 10.2 Å². The Balaban J connectivity index is 1.52. The number of halogens is 4. The number of fused-ring (bicyclic) bond motifs is 1. The van der Waals surface area contributed by atoms with Crippen LogP contribution in [0.2, 0.25) is 0 Å². The summed E-state index contributed by atoms with van der Waals surface area (Å²) in [5.41, 5.74) is 1.84. The van der Waals surface area contributed by atoms with E-state index in [1.54, 1.807) is 18.2 Å². The number of aromatic nitrogens is 2. The molecule has 1 N–H and O–H groups in total. The molecule has 0 fully saturated rings. The third-order valence-electron chi connectivity index (χ3n) is 5.85. The largest absolute Gasteiger partial charge is 0.415 e. The van der Waals surface area contributed by atoms with Gasteiger partial charge in [0.25, 0.3) is 11.8 Å². The number of amides is 1. The molecule has 4 aromatic rings. The number of nitrogens with zero attached hydrogens (tertiary/aromatic N) is 3. The van der Waals surface area contributed by atoms with Crippen LogP contribution in [0, 0.1) is 11.6 Å². The van der Waals surface area contributed by atoms with Gasteiger partial charge < -0.3 is 14.4 Å². The van der Waals surface area contributed by atoms with Crippen LogP contribution in [0.3, 0.4) is 0 Å². The van der Waals surface area contributed by atoms with E-state index < -0.39 is 42.0 Å². The molecule has 1 amide bonds. The molecule has 3 aromatic carbocycles. The quantitative estimate of drug-likeness (QED) is 0.373. The van der Waals surface area contributed by atoms with Crippen LogP contribution in [0.1, 0.15) is 51.5 Å². The highest BCUT2D eigenvalue weighted by Crippen LogP contribution is 2.40. The Morgan fingerprint density at radius 2 is 1.69 bits per heavy atom. The lowest BCUT2D eigenvalue weighted by molar-refractivity contribution is 0.0359. The SMILES string of the molecule is O=C1c2cc(-c3nnc(C(F)F)o3)ccc2CN1[C@H](c1cccc(F)c1)[C@@H](O)c1ccc(F)cc1. The van der Waals surface area contributed by atoms with Crippen molar-refractivity contribution in [1.82, 2.24) is 15.1 Å². The molecular formula is C25H17F4N3O3. The lowest BCUT2D eigenvalue weighted by Crippen LogP contribution is -2.33. The second-order valence-corrected chi connectivity index (χ2v) is 8.05. The van der Waals surface area contributed by atoms with E-state index in [0.717, 1.165) is 0 Å². The summed E-state index contributed by atoms with van der Waals surface area (Å²) in [4.78, 5) is 14.8. The van der Waals surface area contributed by atoms with Crippen LogP contribution in [0.25, 0.3) is 11.5 Å². The molecule has 0 bridgehead atoms. The summed E-state index contributed by atoms with van der Waals surface area (Å²) in [7, 11) is 0. The molecule has 178 valence electrons. The molecule has 2 heterocycles. The van der Waals surface area contributed by atoms with Crippen molar-refractivity contribution in [2.24, 2.45) is 0 Å². The van der Waals surface area contributed by atoms with Gasteiger partial charge in [-0.3, -0.25) is 4.79 Å². The highest BCUT2D eigenvalue weighted by molar-refractivity contribution is 5.99. The van der Waals surface area contributed by atoms with Gasteiger partial charge >= 0.3 is 6.43 Å². The number of carbonyl (C=O) groups is 1. The fraction of sp³-hybridized carbons (Fsp3) is 0.160. The first-order valence-corrected chi connectivity index (χ1v) is 10.6. The second kappa shape index (κ2) is 8.95. The molecule has 0 saturated carbocycles. The van der Waals surface area contributed by atoms with Crippen LogP contribution >= 0.6 is 0 Å². The average molecular weight is 483 g/mol. The van der Waals surface area contributed by atoms with Gasteiger partial charge in [-0.2, -0.15) is 8.78 Å². The molecule has 6 nitrogen and oxygen atoms in total. The van der Waals surface area contributed by atoms with E-state index in [9.17, 15) is 27.5 Å². The summed E-state index contributed by atoms with van der Waals surface area (Å²) in [6.07, 6.45) is -4.22. The molecule has 1 aliphatic rings. The number of aliphatic hydroxyl groups is 1. The van der Waals surface area contributed by atoms with Crippen LogP contribution in [0.5, 0.6) is 0 Å². The number of rotatable bonds is 6. The van der Waals surface area contributed by atoms with E-state index in [0.29, 0.717) is 16.7 Å². The minimum atomic E-state index is -2.93. The van der Waals surface area contributed by atoms with Crippen molar-refractivity contribution in [3.8, 4) is 11.5 Å². The molecular weight excluding hydrogens is 466 g/mol. The van der Waals surface area contributed by atoms with E-state index in [4.69, 9.17) is 4.42 Å². The number of alkyl halides is 2. The zero-order valence-electron chi connectivity index (χ0n) is 17.9. The molecule has 10 heteroatoms. The zero-order chi connectivity index (χ0) is 24.7. The van der Waals surface area contributed by atoms with Gasteiger partial charge in [-0.15, -0.1) is 10.2 Å². The van der Waals surface area contributed by atoms with Crippen molar-refractivity contribution in [2.45, 2.75) is 25.1 Å². The standard InChI is InChI=1S/C25H17F4N3O3/c26-17-8-6-13(7-9-17)21(33)20(14-2-1-3-18(27)10-14)32-12-16-5-4-15(11-19(16)25(32)34)23-30-31-24(35-23)22(28)29/h1-11,20-22,33H,12H2/t20-,21+/m1/s1. The van der Waals surface area contributed by atoms with E-state index in [-0.39, 0.29) is 23.6 Å². The summed E-state index contributed by atoms with van der Waals surface area (Å²) in [5.74, 6) is -2.50. The van der Waals surface area contributed by atoms with E-state index >= 15 is 0 Å². The number of aliphatic hydroxyl groups excluding tert-OH is 1. The molecule has 0 spiro atoms. The highest BCUT2D eigenvalue weighted by atomic mass is 19.3. The average Bonchev–Trinajstić information content (AvgIpc) is 3.46. The van der Waals surface area contributed by atoms with Gasteiger partial charge in [-0.05, 0) is 53.1 Å². The van der Waals surface area contributed by atoms with E-state index in [1.807, 2.05) is 0 Å². The summed E-state index contributed by atoms with van der Waals surface area (Å²) in [6, 6.07) is 14.3. The topological polar surface area (TPSA) is 79.5 Å². The fourth-order valence-corrected chi connectivity index (χ4v) is 4.19. The normalized spacial score (nSPS) is 14.9. The number of carbonyl (C=O) groups excluding carboxylic acids is 1. The molecule has 35 heavy (non-hydrogen) atoms. The summed E-state index contributed by atoms with van der Waals surface area (Å²) < 4.78 is 58.1. The summed E-state index contributed by atoms with van der Waals surface area (Å²) >= 11 is 0. The lowest BCUT2D eigenvalue weighted by atomic mass is 9.94. The van der Waals surface area contributed by atoms with Gasteiger partial charge in [-0.1, -0.05) is 30.3 Å². The number of hydrogen-bond acceptors (Lipinski definition) is 5. The number of hydrogen-bond donors (Lipinski definition) is 1. The predicted octanol–water partition coefficient (Wildman–Crippen LogP) is 5.38. The highest BCUT2D eigenvalue weighted by Gasteiger charge is 2.38. The van der Waals surface area contributed by atoms with Crippen molar-refractivity contribution < 1.29 is 31.9 Å². The Labute approximate surface area is 196 Å². The first-order chi connectivity index (χ1) is 16.8. The Bertz CT molecular complexity index is 1390. The first-order valence-electron chi connectivity index (χ1n) is 10.6. The summed E-state index contributed by atoms with van der Waals surface area (Å²) in [6.45, 7) is 0.0972. The molecule has 0 unspecified atom stereocenters. The van der Waals surface area contributed by atoms with Gasteiger partial charge in [0.2, 0.25) is 5.89 Å². The maximum Gasteiger partial charge on any atom is 0.314 e. The van der Waals surface area contributed by atoms with Gasteiger partial charge in [-0.25, -0.2) is 8.78 Å². The molecule has 0 saturated heterocycles. The molecule has 1 aromatic heterocycles. The Morgan fingerprint density at radius 3 is 2.37 bits per heavy atom. The maximum absolute atomic E-state index is 14.1. The van der Waals surface area contributed by atoms with Crippen LogP contribution in [0.4, 0.5) is 17.6 Å². The van der Waals surface area contributed by atoms with Crippen LogP contribution in [-0.4, -0.2) is 26.1 Å². The van der Waals surface area contributed by atoms with Crippen LogP contribution < -0.4 is 0 Å². The van der Waals surface area contributed by atoms with Crippen molar-refractivity contribution in [3.63, 3.8) is 0 Å². The predicted molar refractivity (Wildman–Crippen MR) is 115 cm³/mol. The second-order valence-electron chi connectivity index (χ2n) is 8.05. The third kappa shape index (κ3) is 4.28. The zero-order valence-corrected chi connectivity index (χ0v) is 17.9. The van der Waals surface area contributed by atoms with Gasteiger partial charge in [0.05, 0.1) is 6.04 Å². The maximum atomic E-state index is 14.1. The lowest BCUT2D eigenvalue weighted by Gasteiger charge is -2.32. The Kier molecular flexibility index (Phi) is 5.81. The molecule has 5 rings (SSSR count). The fourth-order valence-electron chi connectivity index (χ4n) is 4.19. The Morgan fingerprint density at radius 1 is 0.914 bits per heavy atom. The number of benzene rings is 3. The summed E-state index contributed by atoms with van der Waals surface area (Å²) in [5, 5.41) is 18.1. The van der Waals surface area contributed by atoms with Crippen molar-refractivity contribution in [2.75, 3.05) is 0 Å². The molecule has 1 aliphatic heterocycles.